The molecule has 3 rings (SSSR count). The Morgan fingerprint density at radius 1 is 1.26 bits per heavy atom. The molecular formula is C18H22N4O. The van der Waals surface area contributed by atoms with Gasteiger partial charge in [-0.2, -0.15) is 0 Å². The molecular weight excluding hydrogens is 288 g/mol. The largest absolute Gasteiger partial charge is 0.348 e. The Bertz CT molecular complexity index is 642. The monoisotopic (exact) mass is 310 g/mol. The number of anilines is 1. The Hall–Kier alpha value is -2.43. The maximum atomic E-state index is 12.2. The molecule has 5 nitrogen and oxygen atoms in total. The van der Waals surface area contributed by atoms with Crippen molar-refractivity contribution in [3.8, 4) is 0 Å². The average molecular weight is 310 g/mol. The number of hydrogen-bond acceptors (Lipinski definition) is 4. The van der Waals surface area contributed by atoms with Crippen LogP contribution in [0.5, 0.6) is 0 Å². The molecule has 2 heterocycles. The van der Waals surface area contributed by atoms with Gasteiger partial charge in [-0.25, -0.2) is 9.97 Å². The molecule has 1 aromatic heterocycles. The Balaban J connectivity index is 1.59. The van der Waals surface area contributed by atoms with E-state index >= 15 is 0 Å². The number of benzene rings is 1. The van der Waals surface area contributed by atoms with Gasteiger partial charge < -0.3 is 10.2 Å². The highest BCUT2D eigenvalue weighted by Crippen LogP contribution is 2.19. The number of carbonyl (C=O) groups excluding carboxylic acids is 1. The van der Waals surface area contributed by atoms with Crippen molar-refractivity contribution in [3.63, 3.8) is 0 Å². The summed E-state index contributed by atoms with van der Waals surface area (Å²) in [7, 11) is 0. The van der Waals surface area contributed by atoms with Crippen molar-refractivity contribution in [1.29, 1.82) is 0 Å². The fourth-order valence-corrected chi connectivity index (χ4v) is 2.85. The van der Waals surface area contributed by atoms with E-state index in [9.17, 15) is 4.79 Å². The highest BCUT2D eigenvalue weighted by Gasteiger charge is 2.18. The molecule has 5 heteroatoms. The van der Waals surface area contributed by atoms with Gasteiger partial charge in [-0.3, -0.25) is 4.79 Å². The fourth-order valence-electron chi connectivity index (χ4n) is 2.85. The lowest BCUT2D eigenvalue weighted by atomic mass is 10.0. The fraction of sp³-hybridized carbons (Fsp3) is 0.389. The van der Waals surface area contributed by atoms with Crippen LogP contribution < -0.4 is 10.2 Å². The van der Waals surface area contributed by atoms with E-state index in [0.717, 1.165) is 24.6 Å². The zero-order valence-electron chi connectivity index (χ0n) is 13.4. The maximum Gasteiger partial charge on any atom is 0.254 e. The Labute approximate surface area is 136 Å². The Kier molecular flexibility index (Phi) is 4.86. The van der Waals surface area contributed by atoms with Gasteiger partial charge in [-0.1, -0.05) is 37.3 Å². The Morgan fingerprint density at radius 3 is 2.70 bits per heavy atom. The number of nitrogens with one attached hydrogen (secondary N) is 1. The second-order valence-corrected chi connectivity index (χ2v) is 6.13. The molecule has 0 radical (unpaired) electrons. The molecule has 0 spiro atoms. The summed E-state index contributed by atoms with van der Waals surface area (Å²) in [6, 6.07) is 9.84. The van der Waals surface area contributed by atoms with E-state index in [0.29, 0.717) is 18.0 Å². The van der Waals surface area contributed by atoms with Gasteiger partial charge >= 0.3 is 0 Å². The SMILES string of the molecule is CC1CCCN(c2ncc(C(=O)NCc3ccccc3)cn2)C1. The first kappa shape index (κ1) is 15.5. The van der Waals surface area contributed by atoms with Gasteiger partial charge in [0.15, 0.2) is 0 Å². The molecule has 23 heavy (non-hydrogen) atoms. The maximum absolute atomic E-state index is 12.2. The third-order valence-electron chi connectivity index (χ3n) is 4.14. The third-order valence-corrected chi connectivity index (χ3v) is 4.14. The zero-order chi connectivity index (χ0) is 16.1. The summed E-state index contributed by atoms with van der Waals surface area (Å²) >= 11 is 0. The number of rotatable bonds is 4. The predicted octanol–water partition coefficient (Wildman–Crippen LogP) is 2.64. The molecule has 1 aliphatic rings. The lowest BCUT2D eigenvalue weighted by Gasteiger charge is -2.30. The number of piperidine rings is 1. The second-order valence-electron chi connectivity index (χ2n) is 6.13. The predicted molar refractivity (Wildman–Crippen MR) is 90.3 cm³/mol. The standard InChI is InChI=1S/C18H22N4O/c1-14-6-5-9-22(13-14)18-20-11-16(12-21-18)17(23)19-10-15-7-3-2-4-8-15/h2-4,7-8,11-12,14H,5-6,9-10,13H2,1H3,(H,19,23). The van der Waals surface area contributed by atoms with Crippen molar-refractivity contribution in [2.45, 2.75) is 26.3 Å². The normalized spacial score (nSPS) is 17.8. The van der Waals surface area contributed by atoms with E-state index in [2.05, 4.69) is 27.1 Å². The number of carbonyl (C=O) groups is 1. The van der Waals surface area contributed by atoms with Crippen molar-refractivity contribution in [1.82, 2.24) is 15.3 Å². The molecule has 1 aliphatic heterocycles. The van der Waals surface area contributed by atoms with Gasteiger partial charge in [0.1, 0.15) is 0 Å². The van der Waals surface area contributed by atoms with E-state index in [-0.39, 0.29) is 5.91 Å². The minimum absolute atomic E-state index is 0.146. The van der Waals surface area contributed by atoms with Gasteiger partial charge in [0.25, 0.3) is 5.91 Å². The Morgan fingerprint density at radius 2 is 2.00 bits per heavy atom. The van der Waals surface area contributed by atoms with Crippen LogP contribution in [0.1, 0.15) is 35.7 Å². The number of aromatic nitrogens is 2. The highest BCUT2D eigenvalue weighted by molar-refractivity contribution is 5.93. The van der Waals surface area contributed by atoms with Crippen LogP contribution in [-0.2, 0) is 6.54 Å². The topological polar surface area (TPSA) is 58.1 Å². The lowest BCUT2D eigenvalue weighted by molar-refractivity contribution is 0.0950. The van der Waals surface area contributed by atoms with Gasteiger partial charge in [-0.05, 0) is 24.3 Å². The molecule has 1 saturated heterocycles. The molecule has 0 bridgehead atoms. The van der Waals surface area contributed by atoms with Gasteiger partial charge in [0.2, 0.25) is 5.95 Å². The van der Waals surface area contributed by atoms with E-state index < -0.39 is 0 Å². The van der Waals surface area contributed by atoms with Crippen molar-refractivity contribution in [2.24, 2.45) is 5.92 Å². The minimum Gasteiger partial charge on any atom is -0.348 e. The smallest absolute Gasteiger partial charge is 0.254 e. The van der Waals surface area contributed by atoms with Gasteiger partial charge in [-0.15, -0.1) is 0 Å². The van der Waals surface area contributed by atoms with Crippen molar-refractivity contribution in [2.75, 3.05) is 18.0 Å². The molecule has 0 aliphatic carbocycles. The first-order valence-corrected chi connectivity index (χ1v) is 8.11. The summed E-state index contributed by atoms with van der Waals surface area (Å²) in [5.74, 6) is 1.24. The molecule has 1 amide bonds. The van der Waals surface area contributed by atoms with E-state index in [4.69, 9.17) is 0 Å². The summed E-state index contributed by atoms with van der Waals surface area (Å²) in [5, 5.41) is 2.89. The van der Waals surface area contributed by atoms with Crippen LogP contribution in [0.3, 0.4) is 0 Å². The molecule has 2 aromatic rings. The second kappa shape index (κ2) is 7.22. The van der Waals surface area contributed by atoms with Gasteiger partial charge in [0, 0.05) is 32.0 Å². The average Bonchev–Trinajstić information content (AvgIpc) is 2.61. The first-order valence-electron chi connectivity index (χ1n) is 8.11. The summed E-state index contributed by atoms with van der Waals surface area (Å²) < 4.78 is 0. The summed E-state index contributed by atoms with van der Waals surface area (Å²) in [6.45, 7) is 4.73. The van der Waals surface area contributed by atoms with Crippen LogP contribution in [-0.4, -0.2) is 29.0 Å². The van der Waals surface area contributed by atoms with E-state index in [1.807, 2.05) is 30.3 Å². The zero-order valence-corrected chi connectivity index (χ0v) is 13.4. The molecule has 1 atom stereocenters. The highest BCUT2D eigenvalue weighted by atomic mass is 16.1. The van der Waals surface area contributed by atoms with Crippen LogP contribution in [0.4, 0.5) is 5.95 Å². The molecule has 1 unspecified atom stereocenters. The van der Waals surface area contributed by atoms with Crippen molar-refractivity contribution < 1.29 is 4.79 Å². The third kappa shape index (κ3) is 4.06. The van der Waals surface area contributed by atoms with Crippen LogP contribution in [0.25, 0.3) is 0 Å². The van der Waals surface area contributed by atoms with Crippen LogP contribution in [0.15, 0.2) is 42.7 Å². The summed E-state index contributed by atoms with van der Waals surface area (Å²) in [5.41, 5.74) is 1.57. The van der Waals surface area contributed by atoms with E-state index in [1.165, 1.54) is 12.8 Å². The van der Waals surface area contributed by atoms with Crippen LogP contribution in [0, 0.1) is 5.92 Å². The number of amides is 1. The van der Waals surface area contributed by atoms with E-state index in [1.54, 1.807) is 12.4 Å². The first-order chi connectivity index (χ1) is 11.2. The van der Waals surface area contributed by atoms with Gasteiger partial charge in [0.05, 0.1) is 5.56 Å². The molecule has 1 aromatic carbocycles. The number of hydrogen-bond donors (Lipinski definition) is 1. The van der Waals surface area contributed by atoms with Crippen molar-refractivity contribution >= 4 is 11.9 Å². The van der Waals surface area contributed by atoms with Crippen LogP contribution >= 0.6 is 0 Å². The van der Waals surface area contributed by atoms with Crippen molar-refractivity contribution in [3.05, 3.63) is 53.9 Å². The molecule has 1 N–H and O–H groups in total. The quantitative estimate of drug-likeness (QED) is 0.943. The van der Waals surface area contributed by atoms with Crippen LogP contribution in [0.2, 0.25) is 0 Å². The summed E-state index contributed by atoms with van der Waals surface area (Å²) in [4.78, 5) is 23.1. The molecule has 0 saturated carbocycles. The molecule has 1 fully saturated rings. The molecule has 120 valence electrons. The minimum atomic E-state index is -0.146. The summed E-state index contributed by atoms with van der Waals surface area (Å²) in [6.07, 6.45) is 5.66. The number of nitrogens with zero attached hydrogens (tertiary/aromatic N) is 3. The lowest BCUT2D eigenvalue weighted by Crippen LogP contribution is -2.35.